The quantitative estimate of drug-likeness (QED) is 0.107. The van der Waals surface area contributed by atoms with E-state index >= 15 is 8.78 Å². The lowest BCUT2D eigenvalue weighted by molar-refractivity contribution is 0.285. The summed E-state index contributed by atoms with van der Waals surface area (Å²) >= 11 is 0. The Balaban J connectivity index is 1.43. The van der Waals surface area contributed by atoms with Gasteiger partial charge in [-0.15, -0.1) is 6.58 Å². The van der Waals surface area contributed by atoms with Crippen LogP contribution in [-0.2, 0) is 0 Å². The molecule has 0 radical (unpaired) electrons. The molecule has 41 heavy (non-hydrogen) atoms. The molecule has 3 aromatic rings. The molecule has 0 amide bonds. The van der Waals surface area contributed by atoms with Crippen LogP contribution in [0.3, 0.4) is 0 Å². The largest absolute Gasteiger partial charge is 0.490 e. The van der Waals surface area contributed by atoms with Crippen LogP contribution in [0, 0.1) is 29.2 Å². The Kier molecular flexibility index (Phi) is 11.2. The fraction of sp³-hybridized carbons (Fsp3) is 0.389. The molecule has 1 nitrogen and oxygen atoms in total. The maximum absolute atomic E-state index is 15.2. The molecule has 1 atom stereocenters. The third-order valence-corrected chi connectivity index (χ3v) is 8.04. The molecule has 0 heterocycles. The molecule has 0 aliphatic heterocycles. The molecule has 3 aromatic carbocycles. The molecule has 0 saturated heterocycles. The molecule has 1 unspecified atom stereocenters. The first-order chi connectivity index (χ1) is 19.9. The van der Waals surface area contributed by atoms with Crippen LogP contribution >= 0.6 is 0 Å². The Morgan fingerprint density at radius 1 is 0.756 bits per heavy atom. The van der Waals surface area contributed by atoms with Gasteiger partial charge in [-0.2, -0.15) is 4.39 Å². The zero-order chi connectivity index (χ0) is 29.2. The topological polar surface area (TPSA) is 9.23 Å². The first-order valence-corrected chi connectivity index (χ1v) is 14.9. The molecule has 0 aromatic heterocycles. The van der Waals surface area contributed by atoms with Gasteiger partial charge in [-0.3, -0.25) is 0 Å². The molecule has 0 spiro atoms. The second kappa shape index (κ2) is 15.0. The van der Waals surface area contributed by atoms with E-state index < -0.39 is 23.3 Å². The first kappa shape index (κ1) is 30.6. The number of rotatable bonds is 14. The summed E-state index contributed by atoms with van der Waals surface area (Å²) in [5, 5.41) is 0. The zero-order valence-electron chi connectivity index (χ0n) is 24.0. The van der Waals surface area contributed by atoms with Gasteiger partial charge in [0.25, 0.3) is 0 Å². The van der Waals surface area contributed by atoms with Crippen LogP contribution in [0.1, 0.15) is 83.1 Å². The molecule has 1 aliphatic carbocycles. The summed E-state index contributed by atoms with van der Waals surface area (Å²) in [6.45, 7) is 6.27. The number of allylic oxidation sites excluding steroid dienone is 3. The number of ether oxygens (including phenoxy) is 1. The highest BCUT2D eigenvalue weighted by Crippen LogP contribution is 2.37. The van der Waals surface area contributed by atoms with Gasteiger partial charge in [0.15, 0.2) is 23.2 Å². The summed E-state index contributed by atoms with van der Waals surface area (Å²) in [5.41, 5.74) is 2.25. The van der Waals surface area contributed by atoms with Crippen molar-refractivity contribution in [3.05, 3.63) is 96.1 Å². The maximum Gasteiger partial charge on any atom is 0.201 e. The zero-order valence-corrected chi connectivity index (χ0v) is 24.0. The normalized spacial score (nSPS) is 15.0. The van der Waals surface area contributed by atoms with Crippen molar-refractivity contribution in [2.75, 3.05) is 6.61 Å². The molecular formula is C36H40F4O. The molecule has 0 bridgehead atoms. The predicted molar refractivity (Wildman–Crippen MR) is 161 cm³/mol. The van der Waals surface area contributed by atoms with Crippen molar-refractivity contribution in [2.45, 2.75) is 77.6 Å². The summed E-state index contributed by atoms with van der Waals surface area (Å²) < 4.78 is 65.5. The highest BCUT2D eigenvalue weighted by molar-refractivity contribution is 5.74. The van der Waals surface area contributed by atoms with Crippen LogP contribution in [0.2, 0.25) is 0 Å². The van der Waals surface area contributed by atoms with Gasteiger partial charge in [-0.25, -0.2) is 13.2 Å². The van der Waals surface area contributed by atoms with Gasteiger partial charge in [0.1, 0.15) is 0 Å². The minimum absolute atomic E-state index is 0.0820. The van der Waals surface area contributed by atoms with E-state index in [1.807, 2.05) is 12.2 Å². The Morgan fingerprint density at radius 3 is 1.98 bits per heavy atom. The fourth-order valence-corrected chi connectivity index (χ4v) is 5.53. The van der Waals surface area contributed by atoms with Gasteiger partial charge < -0.3 is 4.74 Å². The number of halogens is 4. The van der Waals surface area contributed by atoms with Gasteiger partial charge in [-0.1, -0.05) is 87.6 Å². The monoisotopic (exact) mass is 564 g/mol. The molecule has 1 aliphatic rings. The van der Waals surface area contributed by atoms with Gasteiger partial charge in [0, 0.05) is 16.7 Å². The van der Waals surface area contributed by atoms with E-state index in [1.165, 1.54) is 31.4 Å². The van der Waals surface area contributed by atoms with Crippen LogP contribution in [0.4, 0.5) is 17.6 Å². The van der Waals surface area contributed by atoms with Crippen molar-refractivity contribution in [3.8, 4) is 28.0 Å². The van der Waals surface area contributed by atoms with E-state index in [2.05, 4.69) is 13.5 Å². The first-order valence-electron chi connectivity index (χ1n) is 14.9. The number of benzene rings is 3. The summed E-state index contributed by atoms with van der Waals surface area (Å²) in [6.07, 6.45) is 15.0. The predicted octanol–water partition coefficient (Wildman–Crippen LogP) is 11.5. The molecule has 218 valence electrons. The van der Waals surface area contributed by atoms with E-state index in [-0.39, 0.29) is 16.9 Å². The standard InChI is InChI=1S/C36H40F4O/c1-3-5-7-8-9-10-24-41-32-23-22-31(35(39)36(32)40)28-18-16-27(17-19-28)30-21-20-29(33(37)34(30)38)26-14-12-25(13-15-26)11-6-4-2/h4,14,16-23,25H,2-3,5-13,15,24H2,1H3. The lowest BCUT2D eigenvalue weighted by Crippen LogP contribution is -2.07. The Morgan fingerprint density at radius 2 is 1.34 bits per heavy atom. The highest BCUT2D eigenvalue weighted by atomic mass is 19.2. The van der Waals surface area contributed by atoms with Gasteiger partial charge in [0.05, 0.1) is 6.61 Å². The molecule has 0 fully saturated rings. The molecule has 0 N–H and O–H groups in total. The van der Waals surface area contributed by atoms with Gasteiger partial charge in [-0.05, 0) is 73.3 Å². The minimum Gasteiger partial charge on any atom is -0.490 e. The summed E-state index contributed by atoms with van der Waals surface area (Å²) in [6, 6.07) is 12.5. The van der Waals surface area contributed by atoms with Crippen LogP contribution in [0.15, 0.2) is 67.3 Å². The molecular weight excluding hydrogens is 524 g/mol. The van der Waals surface area contributed by atoms with E-state index in [9.17, 15) is 8.78 Å². The number of hydrogen-bond acceptors (Lipinski definition) is 1. The van der Waals surface area contributed by atoms with Crippen LogP contribution in [-0.4, -0.2) is 6.61 Å². The third-order valence-electron chi connectivity index (χ3n) is 8.04. The number of unbranched alkanes of at least 4 members (excludes halogenated alkanes) is 5. The fourth-order valence-electron chi connectivity index (χ4n) is 5.53. The second-order valence-corrected chi connectivity index (χ2v) is 11.0. The average Bonchev–Trinajstić information content (AvgIpc) is 2.99. The van der Waals surface area contributed by atoms with Crippen LogP contribution in [0.5, 0.6) is 5.75 Å². The van der Waals surface area contributed by atoms with Gasteiger partial charge in [0.2, 0.25) is 5.82 Å². The Labute approximate surface area is 242 Å². The van der Waals surface area contributed by atoms with Gasteiger partial charge >= 0.3 is 0 Å². The van der Waals surface area contributed by atoms with Crippen molar-refractivity contribution in [2.24, 2.45) is 5.92 Å². The SMILES string of the molecule is C=CCCC1CC=C(c2ccc(-c3ccc(-c4ccc(OCCCCCCCC)c(F)c4F)cc3)c(F)c2F)CC1. The third kappa shape index (κ3) is 7.69. The summed E-state index contributed by atoms with van der Waals surface area (Å²) in [5.74, 6) is -3.33. The summed E-state index contributed by atoms with van der Waals surface area (Å²) in [7, 11) is 0. The minimum atomic E-state index is -1.02. The summed E-state index contributed by atoms with van der Waals surface area (Å²) in [4.78, 5) is 0. The van der Waals surface area contributed by atoms with Crippen molar-refractivity contribution in [3.63, 3.8) is 0 Å². The molecule has 4 rings (SSSR count). The second-order valence-electron chi connectivity index (χ2n) is 11.0. The van der Waals surface area contributed by atoms with Crippen molar-refractivity contribution >= 4 is 5.57 Å². The lowest BCUT2D eigenvalue weighted by atomic mass is 9.83. The Hall–Kier alpha value is -3.34. The smallest absolute Gasteiger partial charge is 0.201 e. The highest BCUT2D eigenvalue weighted by Gasteiger charge is 2.21. The van der Waals surface area contributed by atoms with E-state index in [1.54, 1.807) is 36.4 Å². The Bertz CT molecular complexity index is 1340. The maximum atomic E-state index is 15.2. The molecule has 5 heteroatoms. The lowest BCUT2D eigenvalue weighted by Gasteiger charge is -2.22. The van der Waals surface area contributed by atoms with E-state index in [0.717, 1.165) is 56.9 Å². The molecule has 0 saturated carbocycles. The van der Waals surface area contributed by atoms with Crippen molar-refractivity contribution < 1.29 is 22.3 Å². The average molecular weight is 565 g/mol. The number of hydrogen-bond donors (Lipinski definition) is 0. The van der Waals surface area contributed by atoms with Crippen LogP contribution in [0.25, 0.3) is 27.8 Å². The van der Waals surface area contributed by atoms with Crippen molar-refractivity contribution in [1.29, 1.82) is 0 Å². The van der Waals surface area contributed by atoms with Crippen molar-refractivity contribution in [1.82, 2.24) is 0 Å². The van der Waals surface area contributed by atoms with E-state index in [4.69, 9.17) is 4.74 Å². The van der Waals surface area contributed by atoms with E-state index in [0.29, 0.717) is 29.2 Å². The van der Waals surface area contributed by atoms with Crippen LogP contribution < -0.4 is 4.74 Å².